The van der Waals surface area contributed by atoms with Gasteiger partial charge in [-0.3, -0.25) is 0 Å². The molecule has 0 atom stereocenters. The fourth-order valence-electron chi connectivity index (χ4n) is 2.75. The Kier molecular flexibility index (Phi) is 10.4. The maximum atomic E-state index is 5.78. The first kappa shape index (κ1) is 22.2. The van der Waals surface area contributed by atoms with Gasteiger partial charge in [-0.25, -0.2) is 0 Å². The molecule has 0 unspecified atom stereocenters. The van der Waals surface area contributed by atoms with E-state index in [4.69, 9.17) is 24.7 Å². The lowest BCUT2D eigenvalue weighted by molar-refractivity contribution is 0.0677. The molecule has 0 amide bonds. The van der Waals surface area contributed by atoms with Crippen molar-refractivity contribution in [2.24, 2.45) is 0 Å². The van der Waals surface area contributed by atoms with Gasteiger partial charge in [0.05, 0.1) is 39.6 Å². The molecule has 0 saturated heterocycles. The van der Waals surface area contributed by atoms with Crippen LogP contribution in [0.4, 0.5) is 11.4 Å². The summed E-state index contributed by atoms with van der Waals surface area (Å²) in [6, 6.07) is 16.4. The van der Waals surface area contributed by atoms with Crippen molar-refractivity contribution in [2.75, 3.05) is 77.6 Å². The van der Waals surface area contributed by atoms with E-state index in [1.165, 1.54) is 0 Å². The number of benzene rings is 2. The van der Waals surface area contributed by atoms with Gasteiger partial charge >= 0.3 is 0 Å². The highest BCUT2D eigenvalue weighted by molar-refractivity contribution is 5.67. The number of nitrogen functional groups attached to an aromatic ring is 1. The number of methoxy groups -OCH3 is 2. The summed E-state index contributed by atoms with van der Waals surface area (Å²) in [6.45, 7) is 5.28. The largest absolute Gasteiger partial charge is 0.399 e. The van der Waals surface area contributed by atoms with Crippen molar-refractivity contribution in [3.05, 3.63) is 48.5 Å². The second-order valence-electron chi connectivity index (χ2n) is 6.37. The normalized spacial score (nSPS) is 10.9. The molecule has 0 bridgehead atoms. The Morgan fingerprint density at radius 1 is 0.643 bits per heavy atom. The van der Waals surface area contributed by atoms with Gasteiger partial charge in [-0.1, -0.05) is 24.3 Å². The highest BCUT2D eigenvalue weighted by Crippen LogP contribution is 2.24. The number of rotatable bonds is 14. The first-order valence-corrected chi connectivity index (χ1v) is 9.59. The zero-order valence-electron chi connectivity index (χ0n) is 16.9. The summed E-state index contributed by atoms with van der Waals surface area (Å²) in [5.74, 6) is 0. The van der Waals surface area contributed by atoms with Crippen LogP contribution in [0.2, 0.25) is 0 Å². The molecule has 0 aromatic heterocycles. The highest BCUT2D eigenvalue weighted by atomic mass is 16.5. The Bertz CT molecular complexity index is 633. The van der Waals surface area contributed by atoms with Gasteiger partial charge in [0.15, 0.2) is 0 Å². The van der Waals surface area contributed by atoms with E-state index in [9.17, 15) is 0 Å². The molecule has 2 N–H and O–H groups in total. The van der Waals surface area contributed by atoms with Crippen molar-refractivity contribution >= 4 is 11.4 Å². The monoisotopic (exact) mass is 388 g/mol. The van der Waals surface area contributed by atoms with Crippen LogP contribution in [0.1, 0.15) is 0 Å². The summed E-state index contributed by atoms with van der Waals surface area (Å²) in [4.78, 5) is 2.27. The quantitative estimate of drug-likeness (QED) is 0.396. The molecular formula is C22H32N2O4. The van der Waals surface area contributed by atoms with Crippen LogP contribution in [-0.2, 0) is 18.9 Å². The average Bonchev–Trinajstić information content (AvgIpc) is 2.73. The molecule has 0 aliphatic carbocycles. The van der Waals surface area contributed by atoms with Gasteiger partial charge in [0.1, 0.15) is 0 Å². The van der Waals surface area contributed by atoms with Gasteiger partial charge in [0.2, 0.25) is 0 Å². The number of nitrogens with two attached hydrogens (primary N) is 1. The molecule has 0 fully saturated rings. The molecule has 0 spiro atoms. The molecule has 0 radical (unpaired) electrons. The number of hydrogen-bond donors (Lipinski definition) is 1. The van der Waals surface area contributed by atoms with Gasteiger partial charge < -0.3 is 29.6 Å². The maximum Gasteiger partial charge on any atom is 0.0701 e. The Balaban J connectivity index is 1.95. The summed E-state index contributed by atoms with van der Waals surface area (Å²) < 4.78 is 21.3. The number of hydrogen-bond acceptors (Lipinski definition) is 6. The molecule has 6 nitrogen and oxygen atoms in total. The molecule has 2 aromatic carbocycles. The van der Waals surface area contributed by atoms with Crippen molar-refractivity contribution in [1.29, 1.82) is 0 Å². The molecule has 2 rings (SSSR count). The van der Waals surface area contributed by atoms with Crippen molar-refractivity contribution in [2.45, 2.75) is 0 Å². The molecule has 0 heterocycles. The lowest BCUT2D eigenvalue weighted by Gasteiger charge is -2.25. The van der Waals surface area contributed by atoms with E-state index >= 15 is 0 Å². The third kappa shape index (κ3) is 7.86. The standard InChI is InChI=1S/C22H32N2O4/c1-25-15-17-27-13-11-24(12-14-28-18-16-26-2)22-9-5-20(6-10-22)19-3-7-21(23)8-4-19/h3-10H,11-18,23H2,1-2H3. The number of anilines is 2. The fraction of sp³-hybridized carbons (Fsp3) is 0.455. The Labute approximate surface area is 168 Å². The van der Waals surface area contributed by atoms with E-state index < -0.39 is 0 Å². The lowest BCUT2D eigenvalue weighted by atomic mass is 10.0. The lowest BCUT2D eigenvalue weighted by Crippen LogP contribution is -2.31. The molecule has 6 heteroatoms. The van der Waals surface area contributed by atoms with Crippen LogP contribution in [0.15, 0.2) is 48.5 Å². The summed E-state index contributed by atoms with van der Waals surface area (Å²) in [7, 11) is 3.35. The summed E-state index contributed by atoms with van der Waals surface area (Å²) in [5.41, 5.74) is 10.0. The predicted octanol–water partition coefficient (Wildman–Crippen LogP) is 3.07. The second-order valence-corrected chi connectivity index (χ2v) is 6.37. The van der Waals surface area contributed by atoms with E-state index in [1.54, 1.807) is 14.2 Å². The Hall–Kier alpha value is -2.12. The topological polar surface area (TPSA) is 66.2 Å². The van der Waals surface area contributed by atoms with Crippen molar-refractivity contribution < 1.29 is 18.9 Å². The van der Waals surface area contributed by atoms with E-state index in [1.807, 2.05) is 24.3 Å². The zero-order valence-corrected chi connectivity index (χ0v) is 16.9. The van der Waals surface area contributed by atoms with Crippen molar-refractivity contribution in [3.63, 3.8) is 0 Å². The number of nitrogens with zero attached hydrogens (tertiary/aromatic N) is 1. The molecule has 0 aliphatic heterocycles. The third-order valence-corrected chi connectivity index (χ3v) is 4.35. The molecule has 2 aromatic rings. The molecule has 154 valence electrons. The molecule has 28 heavy (non-hydrogen) atoms. The van der Waals surface area contributed by atoms with Crippen LogP contribution in [0.25, 0.3) is 11.1 Å². The van der Waals surface area contributed by atoms with Gasteiger partial charge in [-0.05, 0) is 35.4 Å². The highest BCUT2D eigenvalue weighted by Gasteiger charge is 2.08. The summed E-state index contributed by atoms with van der Waals surface area (Å²) >= 11 is 0. The Morgan fingerprint density at radius 2 is 1.11 bits per heavy atom. The predicted molar refractivity (Wildman–Crippen MR) is 114 cm³/mol. The van der Waals surface area contributed by atoms with Gasteiger partial charge in [-0.2, -0.15) is 0 Å². The van der Waals surface area contributed by atoms with Crippen LogP contribution in [0.5, 0.6) is 0 Å². The van der Waals surface area contributed by atoms with Crippen molar-refractivity contribution in [3.8, 4) is 11.1 Å². The van der Waals surface area contributed by atoms with E-state index in [2.05, 4.69) is 29.2 Å². The van der Waals surface area contributed by atoms with Gasteiger partial charge in [0.25, 0.3) is 0 Å². The average molecular weight is 389 g/mol. The van der Waals surface area contributed by atoms with Crippen LogP contribution >= 0.6 is 0 Å². The summed E-state index contributed by atoms with van der Waals surface area (Å²) in [5, 5.41) is 0. The second kappa shape index (κ2) is 13.1. The fourth-order valence-corrected chi connectivity index (χ4v) is 2.75. The number of ether oxygens (including phenoxy) is 4. The SMILES string of the molecule is COCCOCCN(CCOCCOC)c1ccc(-c2ccc(N)cc2)cc1. The van der Waals surface area contributed by atoms with Crippen LogP contribution < -0.4 is 10.6 Å². The first-order chi connectivity index (χ1) is 13.7. The summed E-state index contributed by atoms with van der Waals surface area (Å²) in [6.07, 6.45) is 0. The minimum Gasteiger partial charge on any atom is -0.399 e. The minimum atomic E-state index is 0.602. The van der Waals surface area contributed by atoms with Crippen molar-refractivity contribution in [1.82, 2.24) is 0 Å². The van der Waals surface area contributed by atoms with E-state index in [-0.39, 0.29) is 0 Å². The smallest absolute Gasteiger partial charge is 0.0701 e. The van der Waals surface area contributed by atoms with Crippen LogP contribution in [0, 0.1) is 0 Å². The first-order valence-electron chi connectivity index (χ1n) is 9.59. The zero-order chi connectivity index (χ0) is 20.0. The molecule has 0 aliphatic rings. The minimum absolute atomic E-state index is 0.602. The molecular weight excluding hydrogens is 356 g/mol. The van der Waals surface area contributed by atoms with Crippen LogP contribution in [0.3, 0.4) is 0 Å². The van der Waals surface area contributed by atoms with Gasteiger partial charge in [0, 0.05) is 38.7 Å². The van der Waals surface area contributed by atoms with E-state index in [0.717, 1.165) is 35.6 Å². The molecule has 0 saturated carbocycles. The van der Waals surface area contributed by atoms with Gasteiger partial charge in [-0.15, -0.1) is 0 Å². The maximum absolute atomic E-state index is 5.78. The van der Waals surface area contributed by atoms with E-state index in [0.29, 0.717) is 39.6 Å². The Morgan fingerprint density at radius 3 is 1.57 bits per heavy atom. The van der Waals surface area contributed by atoms with Crippen LogP contribution in [-0.4, -0.2) is 67.0 Å². The third-order valence-electron chi connectivity index (χ3n) is 4.35.